The number of hydrogen-bond acceptors (Lipinski definition) is 3. The summed E-state index contributed by atoms with van der Waals surface area (Å²) in [6, 6.07) is 7.85. The smallest absolute Gasteiger partial charge is 0.170 e. The van der Waals surface area contributed by atoms with Crippen LogP contribution >= 0.6 is 31.9 Å². The quantitative estimate of drug-likeness (QED) is 0.652. The summed E-state index contributed by atoms with van der Waals surface area (Å²) in [6.07, 6.45) is 1.95. The van der Waals surface area contributed by atoms with Crippen LogP contribution in [0.1, 0.15) is 5.56 Å². The van der Waals surface area contributed by atoms with E-state index in [-0.39, 0.29) is 0 Å². The molecule has 0 spiro atoms. The average molecular weight is 382 g/mol. The van der Waals surface area contributed by atoms with E-state index in [9.17, 15) is 0 Å². The van der Waals surface area contributed by atoms with E-state index in [1.165, 1.54) is 0 Å². The number of aromatic nitrogens is 3. The van der Waals surface area contributed by atoms with Gasteiger partial charge in [-0.15, -0.1) is 10.2 Å². The summed E-state index contributed by atoms with van der Waals surface area (Å²) in [6.45, 7) is 2.03. The zero-order chi connectivity index (χ0) is 13.6. The number of benzene rings is 1. The Bertz CT molecular complexity index is 780. The second-order valence-electron chi connectivity index (χ2n) is 4.30. The Labute approximate surface area is 126 Å². The second-order valence-corrected chi connectivity index (χ2v) is 6.07. The van der Waals surface area contributed by atoms with Crippen molar-refractivity contribution >= 4 is 43.2 Å². The summed E-state index contributed by atoms with van der Waals surface area (Å²) in [4.78, 5) is 0. The third-order valence-electron chi connectivity index (χ3n) is 2.90. The van der Waals surface area contributed by atoms with E-state index in [1.54, 1.807) is 0 Å². The first-order valence-electron chi connectivity index (χ1n) is 5.62. The molecule has 4 nitrogen and oxygen atoms in total. The van der Waals surface area contributed by atoms with E-state index in [1.807, 2.05) is 41.8 Å². The summed E-state index contributed by atoms with van der Waals surface area (Å²) in [5, 5.41) is 8.42. The van der Waals surface area contributed by atoms with E-state index in [0.29, 0.717) is 5.69 Å². The predicted octanol–water partition coefficient (Wildman–Crippen LogP) is 3.81. The molecule has 6 heteroatoms. The van der Waals surface area contributed by atoms with Crippen molar-refractivity contribution in [2.45, 2.75) is 6.92 Å². The van der Waals surface area contributed by atoms with Gasteiger partial charge in [-0.25, -0.2) is 0 Å². The number of nitrogen functional groups attached to an aromatic ring is 1. The van der Waals surface area contributed by atoms with Crippen LogP contribution in [0.3, 0.4) is 0 Å². The lowest BCUT2D eigenvalue weighted by atomic mass is 10.1. The molecule has 3 aromatic rings. The van der Waals surface area contributed by atoms with Gasteiger partial charge in [-0.2, -0.15) is 0 Å². The Morgan fingerprint density at radius 3 is 2.74 bits per heavy atom. The van der Waals surface area contributed by atoms with E-state index < -0.39 is 0 Å². The zero-order valence-electron chi connectivity index (χ0n) is 10.1. The Hall–Kier alpha value is -1.40. The average Bonchev–Trinajstić information content (AvgIpc) is 2.76. The number of aryl methyl sites for hydroxylation is 1. The zero-order valence-corrected chi connectivity index (χ0v) is 13.2. The SMILES string of the molecule is Cc1ccn2c(-c3cc(Br)cc(Br)c3N)nnc2c1. The molecule has 0 aliphatic heterocycles. The summed E-state index contributed by atoms with van der Waals surface area (Å²) >= 11 is 6.91. The van der Waals surface area contributed by atoms with Gasteiger partial charge in [0.1, 0.15) is 0 Å². The highest BCUT2D eigenvalue weighted by Gasteiger charge is 2.13. The van der Waals surface area contributed by atoms with Crippen LogP contribution in [0.25, 0.3) is 17.0 Å². The fourth-order valence-corrected chi connectivity index (χ4v) is 3.17. The third-order valence-corrected chi connectivity index (χ3v) is 4.01. The van der Waals surface area contributed by atoms with E-state index in [4.69, 9.17) is 5.73 Å². The summed E-state index contributed by atoms with van der Waals surface area (Å²) in [5.41, 5.74) is 9.57. The van der Waals surface area contributed by atoms with Crippen molar-refractivity contribution in [2.24, 2.45) is 0 Å². The van der Waals surface area contributed by atoms with Crippen molar-refractivity contribution in [2.75, 3.05) is 5.73 Å². The molecule has 0 unspecified atom stereocenters. The predicted molar refractivity (Wildman–Crippen MR) is 83.0 cm³/mol. The number of nitrogens with zero attached hydrogens (tertiary/aromatic N) is 3. The van der Waals surface area contributed by atoms with Crippen molar-refractivity contribution in [1.82, 2.24) is 14.6 Å². The van der Waals surface area contributed by atoms with Gasteiger partial charge in [0, 0.05) is 20.7 Å². The molecule has 0 amide bonds. The molecule has 0 fully saturated rings. The first-order chi connectivity index (χ1) is 9.06. The van der Waals surface area contributed by atoms with Gasteiger partial charge in [0.25, 0.3) is 0 Å². The Kier molecular flexibility index (Phi) is 3.06. The van der Waals surface area contributed by atoms with Gasteiger partial charge in [-0.3, -0.25) is 4.40 Å². The van der Waals surface area contributed by atoms with Gasteiger partial charge in [-0.05, 0) is 52.7 Å². The number of rotatable bonds is 1. The van der Waals surface area contributed by atoms with E-state index in [2.05, 4.69) is 42.1 Å². The summed E-state index contributed by atoms with van der Waals surface area (Å²) < 4.78 is 3.70. The molecular weight excluding hydrogens is 372 g/mol. The lowest BCUT2D eigenvalue weighted by Gasteiger charge is -2.07. The molecule has 0 aliphatic rings. The molecule has 1 aromatic carbocycles. The largest absolute Gasteiger partial charge is 0.397 e. The van der Waals surface area contributed by atoms with Gasteiger partial charge >= 0.3 is 0 Å². The van der Waals surface area contributed by atoms with Crippen LogP contribution in [-0.2, 0) is 0 Å². The molecule has 0 saturated heterocycles. The molecule has 2 N–H and O–H groups in total. The normalized spacial score (nSPS) is 11.1. The van der Waals surface area contributed by atoms with Crippen molar-refractivity contribution in [3.63, 3.8) is 0 Å². The maximum absolute atomic E-state index is 6.11. The first-order valence-corrected chi connectivity index (χ1v) is 7.21. The molecule has 0 atom stereocenters. The molecule has 0 bridgehead atoms. The van der Waals surface area contributed by atoms with Crippen LogP contribution in [-0.4, -0.2) is 14.6 Å². The number of pyridine rings is 1. The first kappa shape index (κ1) is 12.6. The Morgan fingerprint density at radius 1 is 1.16 bits per heavy atom. The van der Waals surface area contributed by atoms with Crippen molar-refractivity contribution in [1.29, 1.82) is 0 Å². The van der Waals surface area contributed by atoms with Crippen LogP contribution in [0.5, 0.6) is 0 Å². The van der Waals surface area contributed by atoms with Crippen molar-refractivity contribution < 1.29 is 0 Å². The highest BCUT2D eigenvalue weighted by molar-refractivity contribution is 9.11. The Morgan fingerprint density at radius 2 is 1.95 bits per heavy atom. The van der Waals surface area contributed by atoms with Gasteiger partial charge in [-0.1, -0.05) is 15.9 Å². The van der Waals surface area contributed by atoms with Crippen LogP contribution in [0.2, 0.25) is 0 Å². The molecule has 96 valence electrons. The lowest BCUT2D eigenvalue weighted by Crippen LogP contribution is -1.96. The molecule has 0 saturated carbocycles. The van der Waals surface area contributed by atoms with Gasteiger partial charge < -0.3 is 5.73 Å². The fraction of sp³-hybridized carbons (Fsp3) is 0.0769. The minimum absolute atomic E-state index is 0.651. The highest BCUT2D eigenvalue weighted by Crippen LogP contribution is 2.34. The standard InChI is InChI=1S/C13H10Br2N4/c1-7-2-3-19-11(4-7)17-18-13(19)9-5-8(14)6-10(15)12(9)16/h2-6H,16H2,1H3. The van der Waals surface area contributed by atoms with Gasteiger partial charge in [0.2, 0.25) is 0 Å². The third kappa shape index (κ3) is 2.15. The lowest BCUT2D eigenvalue weighted by molar-refractivity contribution is 1.11. The van der Waals surface area contributed by atoms with Crippen LogP contribution in [0.4, 0.5) is 5.69 Å². The second kappa shape index (κ2) is 4.61. The molecule has 19 heavy (non-hydrogen) atoms. The number of anilines is 1. The monoisotopic (exact) mass is 380 g/mol. The Balaban J connectivity index is 2.31. The summed E-state index contributed by atoms with van der Waals surface area (Å²) in [5.74, 6) is 0.731. The van der Waals surface area contributed by atoms with Gasteiger partial charge in [0.05, 0.1) is 5.69 Å². The topological polar surface area (TPSA) is 56.2 Å². The number of hydrogen-bond donors (Lipinski definition) is 1. The molecule has 0 aliphatic carbocycles. The molecule has 3 rings (SSSR count). The van der Waals surface area contributed by atoms with E-state index in [0.717, 1.165) is 31.5 Å². The van der Waals surface area contributed by atoms with Gasteiger partial charge in [0.15, 0.2) is 11.5 Å². The minimum atomic E-state index is 0.651. The number of fused-ring (bicyclic) bond motifs is 1. The minimum Gasteiger partial charge on any atom is -0.397 e. The molecule has 2 aromatic heterocycles. The van der Waals surface area contributed by atoms with E-state index >= 15 is 0 Å². The fourth-order valence-electron chi connectivity index (χ4n) is 1.95. The van der Waals surface area contributed by atoms with Crippen LogP contribution < -0.4 is 5.73 Å². The molecular formula is C13H10Br2N4. The maximum Gasteiger partial charge on any atom is 0.170 e. The summed E-state index contributed by atoms with van der Waals surface area (Å²) in [7, 11) is 0. The molecule has 2 heterocycles. The van der Waals surface area contributed by atoms with Crippen LogP contribution in [0, 0.1) is 6.92 Å². The van der Waals surface area contributed by atoms with Crippen molar-refractivity contribution in [3.05, 3.63) is 45.0 Å². The number of nitrogens with two attached hydrogens (primary N) is 1. The highest BCUT2D eigenvalue weighted by atomic mass is 79.9. The molecule has 0 radical (unpaired) electrons. The maximum atomic E-state index is 6.11. The number of halogens is 2. The van der Waals surface area contributed by atoms with Crippen molar-refractivity contribution in [3.8, 4) is 11.4 Å². The van der Waals surface area contributed by atoms with Crippen LogP contribution in [0.15, 0.2) is 39.4 Å².